The molecule has 0 radical (unpaired) electrons. The minimum absolute atomic E-state index is 0.164. The molecule has 1 saturated carbocycles. The average Bonchev–Trinajstić information content (AvgIpc) is 3.62. The number of halogens is 1. The maximum atomic E-state index is 13.1. The van der Waals surface area contributed by atoms with E-state index in [9.17, 15) is 4.79 Å². The first kappa shape index (κ1) is 20.5. The van der Waals surface area contributed by atoms with Crippen LogP contribution in [0.25, 0.3) is 22.0 Å². The van der Waals surface area contributed by atoms with Crippen molar-refractivity contribution >= 4 is 34.0 Å². The zero-order valence-corrected chi connectivity index (χ0v) is 18.6. The monoisotopic (exact) mass is 433 g/mol. The van der Waals surface area contributed by atoms with Gasteiger partial charge in [0.25, 0.3) is 0 Å². The lowest BCUT2D eigenvalue weighted by molar-refractivity contribution is 0.0968. The topological polar surface area (TPSA) is 54.0 Å². The number of fused-ring (bicyclic) bond motifs is 1. The van der Waals surface area contributed by atoms with E-state index in [-0.39, 0.29) is 11.7 Å². The van der Waals surface area contributed by atoms with E-state index in [1.54, 1.807) is 6.20 Å². The van der Waals surface area contributed by atoms with Crippen molar-refractivity contribution in [1.29, 1.82) is 0 Å². The number of benzene rings is 2. The van der Waals surface area contributed by atoms with E-state index in [0.717, 1.165) is 89.2 Å². The molecule has 0 amide bonds. The number of nitrogens with zero attached hydrogens (tertiary/aromatic N) is 1. The van der Waals surface area contributed by atoms with Gasteiger partial charge in [0, 0.05) is 29.1 Å². The largest absolute Gasteiger partial charge is 0.384 e. The molecule has 1 aliphatic carbocycles. The van der Waals surface area contributed by atoms with Crippen LogP contribution in [0.3, 0.4) is 0 Å². The van der Waals surface area contributed by atoms with Gasteiger partial charge in [-0.05, 0) is 92.6 Å². The molecule has 2 heterocycles. The number of piperidine rings is 1. The maximum Gasteiger partial charge on any atom is 0.169 e. The van der Waals surface area contributed by atoms with E-state index in [1.807, 2.05) is 18.2 Å². The van der Waals surface area contributed by atoms with Crippen LogP contribution >= 0.6 is 11.6 Å². The minimum atomic E-state index is 0.164. The number of ketones is 1. The van der Waals surface area contributed by atoms with Crippen LogP contribution in [0.2, 0.25) is 5.02 Å². The second-order valence-corrected chi connectivity index (χ2v) is 9.45. The predicted molar refractivity (Wildman–Crippen MR) is 128 cm³/mol. The van der Waals surface area contributed by atoms with Gasteiger partial charge < -0.3 is 10.6 Å². The van der Waals surface area contributed by atoms with Crippen molar-refractivity contribution < 1.29 is 4.79 Å². The molecule has 31 heavy (non-hydrogen) atoms. The molecule has 160 valence electrons. The van der Waals surface area contributed by atoms with E-state index >= 15 is 0 Å². The number of aromatic nitrogens is 1. The molecule has 5 rings (SSSR count). The fraction of sp³-hybridized carbons (Fsp3) is 0.385. The van der Waals surface area contributed by atoms with Gasteiger partial charge in [0.2, 0.25) is 0 Å². The molecule has 1 saturated heterocycles. The zero-order chi connectivity index (χ0) is 21.4. The Bertz CT molecular complexity index is 1110. The van der Waals surface area contributed by atoms with Gasteiger partial charge in [-0.15, -0.1) is 0 Å². The third-order valence-electron chi connectivity index (χ3n) is 6.48. The van der Waals surface area contributed by atoms with Crippen molar-refractivity contribution in [2.24, 2.45) is 11.8 Å². The van der Waals surface area contributed by atoms with Crippen LogP contribution in [-0.2, 0) is 0 Å². The molecule has 0 unspecified atom stereocenters. The summed E-state index contributed by atoms with van der Waals surface area (Å²) in [6, 6.07) is 12.4. The molecule has 2 fully saturated rings. The first-order valence-corrected chi connectivity index (χ1v) is 11.7. The third kappa shape index (κ3) is 4.46. The van der Waals surface area contributed by atoms with Gasteiger partial charge in [-0.1, -0.05) is 23.7 Å². The van der Waals surface area contributed by atoms with Crippen molar-refractivity contribution in [2.75, 3.05) is 25.0 Å². The van der Waals surface area contributed by atoms with Gasteiger partial charge in [-0.3, -0.25) is 9.78 Å². The van der Waals surface area contributed by atoms with Gasteiger partial charge in [-0.2, -0.15) is 0 Å². The third-order valence-corrected chi connectivity index (χ3v) is 6.70. The molecule has 3 aromatic rings. The molecule has 0 atom stereocenters. The lowest BCUT2D eigenvalue weighted by atomic mass is 9.96. The highest BCUT2D eigenvalue weighted by molar-refractivity contribution is 6.31. The van der Waals surface area contributed by atoms with E-state index in [2.05, 4.69) is 40.7 Å². The van der Waals surface area contributed by atoms with E-state index in [1.165, 1.54) is 0 Å². The van der Waals surface area contributed by atoms with Crippen molar-refractivity contribution in [3.63, 3.8) is 0 Å². The lowest BCUT2D eigenvalue weighted by Gasteiger charge is -2.24. The number of pyridine rings is 1. The van der Waals surface area contributed by atoms with Crippen LogP contribution in [0.1, 0.15) is 41.6 Å². The van der Waals surface area contributed by atoms with Crippen LogP contribution < -0.4 is 10.6 Å². The maximum absolute atomic E-state index is 13.1. The molecular weight excluding hydrogens is 406 g/mol. The Kier molecular flexibility index (Phi) is 5.68. The Hall–Kier alpha value is -2.43. The highest BCUT2D eigenvalue weighted by Crippen LogP contribution is 2.38. The number of hydrogen-bond donors (Lipinski definition) is 2. The number of anilines is 1. The highest BCUT2D eigenvalue weighted by atomic mass is 35.5. The fourth-order valence-corrected chi connectivity index (χ4v) is 4.84. The van der Waals surface area contributed by atoms with Crippen molar-refractivity contribution in [3.05, 3.63) is 58.7 Å². The Morgan fingerprint density at radius 2 is 1.90 bits per heavy atom. The van der Waals surface area contributed by atoms with Gasteiger partial charge in [-0.25, -0.2) is 0 Å². The van der Waals surface area contributed by atoms with Crippen LogP contribution in [0, 0.1) is 18.8 Å². The first-order valence-electron chi connectivity index (χ1n) is 11.3. The normalized spacial score (nSPS) is 17.1. The number of nitrogens with one attached hydrogen (secondary N) is 2. The Morgan fingerprint density at radius 3 is 2.65 bits per heavy atom. The van der Waals surface area contributed by atoms with Gasteiger partial charge in [0.15, 0.2) is 5.78 Å². The summed E-state index contributed by atoms with van der Waals surface area (Å²) in [6.07, 6.45) is 6.08. The average molecular weight is 434 g/mol. The molecule has 2 N–H and O–H groups in total. The summed E-state index contributed by atoms with van der Waals surface area (Å²) in [5.74, 6) is 1.01. The molecule has 2 aliphatic rings. The lowest BCUT2D eigenvalue weighted by Crippen LogP contribution is -2.31. The molecule has 0 bridgehead atoms. The molecule has 1 aliphatic heterocycles. The van der Waals surface area contributed by atoms with E-state index < -0.39 is 0 Å². The van der Waals surface area contributed by atoms with Gasteiger partial charge >= 0.3 is 0 Å². The number of hydrogen-bond acceptors (Lipinski definition) is 4. The molecule has 2 aromatic carbocycles. The first-order chi connectivity index (χ1) is 15.1. The van der Waals surface area contributed by atoms with Gasteiger partial charge in [0.05, 0.1) is 16.8 Å². The standard InChI is InChI=1S/C26H28ClN3O/c1-16-10-20(12-21(27)11-16)19-4-5-24-22(13-19)25(30-14-17-6-8-28-9-7-17)23(15-29-24)26(31)18-2-3-18/h4-5,10-13,15,17-18,28H,2-3,6-9,14H2,1H3,(H,29,30). The number of aryl methyl sites for hydroxylation is 1. The molecule has 5 heteroatoms. The fourth-order valence-electron chi connectivity index (χ4n) is 4.55. The summed E-state index contributed by atoms with van der Waals surface area (Å²) in [6.45, 7) is 5.06. The summed E-state index contributed by atoms with van der Waals surface area (Å²) in [5, 5.41) is 8.85. The Morgan fingerprint density at radius 1 is 1.10 bits per heavy atom. The summed E-state index contributed by atoms with van der Waals surface area (Å²) in [4.78, 5) is 17.7. The van der Waals surface area contributed by atoms with Crippen LogP contribution in [-0.4, -0.2) is 30.4 Å². The summed E-state index contributed by atoms with van der Waals surface area (Å²) in [7, 11) is 0. The second-order valence-electron chi connectivity index (χ2n) is 9.01. The van der Waals surface area contributed by atoms with Crippen LogP contribution in [0.4, 0.5) is 5.69 Å². The number of Topliss-reactive ketones (excluding diaryl/α,β-unsaturated/α-hetero) is 1. The van der Waals surface area contributed by atoms with Crippen molar-refractivity contribution in [1.82, 2.24) is 10.3 Å². The molecular formula is C26H28ClN3O. The predicted octanol–water partition coefficient (Wildman–Crippen LogP) is 5.87. The highest BCUT2D eigenvalue weighted by Gasteiger charge is 2.32. The van der Waals surface area contributed by atoms with Gasteiger partial charge in [0.1, 0.15) is 0 Å². The molecule has 4 nitrogen and oxygen atoms in total. The summed E-state index contributed by atoms with van der Waals surface area (Å²) < 4.78 is 0. The van der Waals surface area contributed by atoms with Crippen molar-refractivity contribution in [2.45, 2.75) is 32.6 Å². The summed E-state index contributed by atoms with van der Waals surface area (Å²) in [5.41, 5.74) is 5.88. The number of rotatable bonds is 6. The van der Waals surface area contributed by atoms with E-state index in [0.29, 0.717) is 5.92 Å². The summed E-state index contributed by atoms with van der Waals surface area (Å²) >= 11 is 6.32. The van der Waals surface area contributed by atoms with Crippen LogP contribution in [0.5, 0.6) is 0 Å². The minimum Gasteiger partial charge on any atom is -0.384 e. The van der Waals surface area contributed by atoms with Crippen molar-refractivity contribution in [3.8, 4) is 11.1 Å². The number of carbonyl (C=O) groups is 1. The quantitative estimate of drug-likeness (QED) is 0.477. The number of carbonyl (C=O) groups excluding carboxylic acids is 1. The smallest absolute Gasteiger partial charge is 0.169 e. The Labute approximate surface area is 188 Å². The Balaban J connectivity index is 1.57. The molecule has 1 aromatic heterocycles. The zero-order valence-electron chi connectivity index (χ0n) is 17.9. The molecule has 0 spiro atoms. The SMILES string of the molecule is Cc1cc(Cl)cc(-c2ccc3ncc(C(=O)C4CC4)c(NCC4CCNCC4)c3c2)c1. The van der Waals surface area contributed by atoms with E-state index in [4.69, 9.17) is 11.6 Å². The second kappa shape index (κ2) is 8.60. The van der Waals surface area contributed by atoms with Crippen LogP contribution in [0.15, 0.2) is 42.6 Å².